The summed E-state index contributed by atoms with van der Waals surface area (Å²) in [5.74, 6) is -0.249. The summed E-state index contributed by atoms with van der Waals surface area (Å²) in [6.45, 7) is 6.62. The van der Waals surface area contributed by atoms with Gasteiger partial charge in [-0.15, -0.1) is 0 Å². The Balaban J connectivity index is 2.57. The van der Waals surface area contributed by atoms with Crippen LogP contribution in [0.5, 0.6) is 0 Å². The van der Waals surface area contributed by atoms with E-state index in [2.05, 4.69) is 5.32 Å². The van der Waals surface area contributed by atoms with Gasteiger partial charge in [-0.1, -0.05) is 0 Å². The molecule has 1 unspecified atom stereocenters. The maximum atomic E-state index is 11.5. The number of hydrogen-bond donors (Lipinski definition) is 1. The molecule has 0 aromatic heterocycles. The Bertz CT molecular complexity index is 253. The molecule has 1 heterocycles. The van der Waals surface area contributed by atoms with E-state index < -0.39 is 0 Å². The minimum Gasteiger partial charge on any atom is -0.465 e. The van der Waals surface area contributed by atoms with E-state index in [-0.39, 0.29) is 30.5 Å². The fourth-order valence-electron chi connectivity index (χ4n) is 1.57. The van der Waals surface area contributed by atoms with Crippen LogP contribution in [0.1, 0.15) is 20.8 Å². The third kappa shape index (κ3) is 2.92. The lowest BCUT2D eigenvalue weighted by Gasteiger charge is -2.34. The Morgan fingerprint density at radius 2 is 2.33 bits per heavy atom. The fraction of sp³-hybridized carbons (Fsp3) is 0.800. The van der Waals surface area contributed by atoms with Crippen molar-refractivity contribution in [2.24, 2.45) is 0 Å². The molecule has 1 rings (SSSR count). The zero-order chi connectivity index (χ0) is 11.4. The van der Waals surface area contributed by atoms with Crippen LogP contribution >= 0.6 is 0 Å². The van der Waals surface area contributed by atoms with Crippen molar-refractivity contribution in [2.75, 3.05) is 19.7 Å². The molecule has 1 amide bonds. The zero-order valence-electron chi connectivity index (χ0n) is 9.45. The Hall–Kier alpha value is -1.10. The molecule has 1 atom stereocenters. The quantitative estimate of drug-likeness (QED) is 0.659. The van der Waals surface area contributed by atoms with Crippen LogP contribution in [0.4, 0.5) is 0 Å². The second-order valence-electron chi connectivity index (χ2n) is 3.83. The van der Waals surface area contributed by atoms with Crippen LogP contribution in [0.15, 0.2) is 0 Å². The molecule has 15 heavy (non-hydrogen) atoms. The van der Waals surface area contributed by atoms with Gasteiger partial charge >= 0.3 is 5.97 Å². The standard InChI is InChI=1S/C10H18N2O3/c1-4-15-10(14)8-6-12(7(2)3)9(13)5-11-8/h7-8,11H,4-6H2,1-3H3. The summed E-state index contributed by atoms with van der Waals surface area (Å²) in [5.41, 5.74) is 0. The van der Waals surface area contributed by atoms with Crippen LogP contribution in [0.2, 0.25) is 0 Å². The molecule has 0 saturated carbocycles. The second kappa shape index (κ2) is 5.11. The highest BCUT2D eigenvalue weighted by atomic mass is 16.5. The summed E-state index contributed by atoms with van der Waals surface area (Å²) < 4.78 is 4.91. The molecule has 5 nitrogen and oxygen atoms in total. The summed E-state index contributed by atoms with van der Waals surface area (Å²) in [4.78, 5) is 24.6. The van der Waals surface area contributed by atoms with Crippen LogP contribution in [0, 0.1) is 0 Å². The van der Waals surface area contributed by atoms with Crippen LogP contribution in [-0.2, 0) is 14.3 Å². The van der Waals surface area contributed by atoms with E-state index in [1.807, 2.05) is 13.8 Å². The number of ether oxygens (including phenoxy) is 1. The van der Waals surface area contributed by atoms with Crippen molar-refractivity contribution in [3.8, 4) is 0 Å². The first-order valence-corrected chi connectivity index (χ1v) is 5.25. The van der Waals surface area contributed by atoms with Crippen molar-refractivity contribution in [3.63, 3.8) is 0 Å². The molecule has 1 aliphatic rings. The van der Waals surface area contributed by atoms with Gasteiger partial charge in [-0.2, -0.15) is 0 Å². The predicted octanol–water partition coefficient (Wildman–Crippen LogP) is -0.242. The first kappa shape index (κ1) is 12.0. The summed E-state index contributed by atoms with van der Waals surface area (Å²) in [7, 11) is 0. The van der Waals surface area contributed by atoms with Gasteiger partial charge in [0.15, 0.2) is 0 Å². The van der Waals surface area contributed by atoms with Crippen molar-refractivity contribution in [1.29, 1.82) is 0 Å². The highest BCUT2D eigenvalue weighted by Gasteiger charge is 2.31. The first-order chi connectivity index (χ1) is 7.06. The topological polar surface area (TPSA) is 58.6 Å². The van der Waals surface area contributed by atoms with E-state index in [4.69, 9.17) is 4.74 Å². The highest BCUT2D eigenvalue weighted by Crippen LogP contribution is 2.06. The monoisotopic (exact) mass is 214 g/mol. The minimum absolute atomic E-state index is 0.0329. The molecule has 1 N–H and O–H groups in total. The summed E-state index contributed by atoms with van der Waals surface area (Å²) >= 11 is 0. The van der Waals surface area contributed by atoms with E-state index in [1.54, 1.807) is 11.8 Å². The third-order valence-corrected chi connectivity index (χ3v) is 2.39. The molecule has 1 aliphatic heterocycles. The fourth-order valence-corrected chi connectivity index (χ4v) is 1.57. The van der Waals surface area contributed by atoms with Crippen LogP contribution in [0.3, 0.4) is 0 Å². The minimum atomic E-state index is -0.384. The largest absolute Gasteiger partial charge is 0.465 e. The van der Waals surface area contributed by atoms with Gasteiger partial charge in [0.2, 0.25) is 5.91 Å². The Kier molecular flexibility index (Phi) is 4.08. The summed E-state index contributed by atoms with van der Waals surface area (Å²) in [6, 6.07) is -0.262. The number of nitrogens with zero attached hydrogens (tertiary/aromatic N) is 1. The Morgan fingerprint density at radius 3 is 2.87 bits per heavy atom. The van der Waals surface area contributed by atoms with Gasteiger partial charge < -0.3 is 9.64 Å². The number of rotatable bonds is 3. The third-order valence-electron chi connectivity index (χ3n) is 2.39. The van der Waals surface area contributed by atoms with E-state index in [1.165, 1.54) is 0 Å². The smallest absolute Gasteiger partial charge is 0.324 e. The average molecular weight is 214 g/mol. The SMILES string of the molecule is CCOC(=O)C1CN(C(C)C)C(=O)CN1. The number of hydrogen-bond acceptors (Lipinski definition) is 4. The van der Waals surface area contributed by atoms with Crippen LogP contribution < -0.4 is 5.32 Å². The molecule has 1 fully saturated rings. The van der Waals surface area contributed by atoms with Crippen LogP contribution in [0.25, 0.3) is 0 Å². The average Bonchev–Trinajstić information content (AvgIpc) is 2.18. The van der Waals surface area contributed by atoms with E-state index in [0.29, 0.717) is 13.2 Å². The molecular formula is C10H18N2O3. The number of carbonyl (C=O) groups is 2. The van der Waals surface area contributed by atoms with E-state index >= 15 is 0 Å². The van der Waals surface area contributed by atoms with Crippen molar-refractivity contribution in [3.05, 3.63) is 0 Å². The lowest BCUT2D eigenvalue weighted by atomic mass is 10.1. The van der Waals surface area contributed by atoms with Crippen LogP contribution in [-0.4, -0.2) is 48.6 Å². The maximum Gasteiger partial charge on any atom is 0.324 e. The molecule has 5 heteroatoms. The normalized spacial score (nSPS) is 22.0. The highest BCUT2D eigenvalue weighted by molar-refractivity contribution is 5.84. The molecule has 86 valence electrons. The number of amides is 1. The van der Waals surface area contributed by atoms with Crippen molar-refractivity contribution < 1.29 is 14.3 Å². The lowest BCUT2D eigenvalue weighted by Crippen LogP contribution is -2.59. The molecule has 0 bridgehead atoms. The Labute approximate surface area is 89.8 Å². The summed E-state index contributed by atoms with van der Waals surface area (Å²) in [5, 5.41) is 2.87. The Morgan fingerprint density at radius 1 is 1.67 bits per heavy atom. The van der Waals surface area contributed by atoms with E-state index in [0.717, 1.165) is 0 Å². The first-order valence-electron chi connectivity index (χ1n) is 5.25. The van der Waals surface area contributed by atoms with Gasteiger partial charge in [0, 0.05) is 12.6 Å². The predicted molar refractivity (Wildman–Crippen MR) is 55.3 cm³/mol. The molecule has 0 radical (unpaired) electrons. The van der Waals surface area contributed by atoms with E-state index in [9.17, 15) is 9.59 Å². The molecule has 0 aromatic rings. The van der Waals surface area contributed by atoms with Gasteiger partial charge in [0.05, 0.1) is 13.2 Å². The van der Waals surface area contributed by atoms with Gasteiger partial charge in [0.25, 0.3) is 0 Å². The number of carbonyl (C=O) groups excluding carboxylic acids is 2. The zero-order valence-corrected chi connectivity index (χ0v) is 9.45. The molecule has 0 aromatic carbocycles. The molecule has 0 spiro atoms. The van der Waals surface area contributed by atoms with Gasteiger partial charge in [-0.3, -0.25) is 14.9 Å². The van der Waals surface area contributed by atoms with Crippen molar-refractivity contribution in [1.82, 2.24) is 10.2 Å². The van der Waals surface area contributed by atoms with Crippen molar-refractivity contribution >= 4 is 11.9 Å². The number of nitrogens with one attached hydrogen (secondary N) is 1. The number of piperazine rings is 1. The number of esters is 1. The maximum absolute atomic E-state index is 11.5. The molecule has 0 aliphatic carbocycles. The molecular weight excluding hydrogens is 196 g/mol. The van der Waals surface area contributed by atoms with Crippen molar-refractivity contribution in [2.45, 2.75) is 32.9 Å². The van der Waals surface area contributed by atoms with Gasteiger partial charge in [-0.25, -0.2) is 0 Å². The second-order valence-corrected chi connectivity index (χ2v) is 3.83. The van der Waals surface area contributed by atoms with Gasteiger partial charge in [0.1, 0.15) is 6.04 Å². The molecule has 1 saturated heterocycles. The van der Waals surface area contributed by atoms with Gasteiger partial charge in [-0.05, 0) is 20.8 Å². The summed E-state index contributed by atoms with van der Waals surface area (Å²) in [6.07, 6.45) is 0. The lowest BCUT2D eigenvalue weighted by molar-refractivity contribution is -0.149.